The third-order valence-corrected chi connectivity index (χ3v) is 5.14. The number of hydrogen-bond donors (Lipinski definition) is 2. The first kappa shape index (κ1) is 22.6. The van der Waals surface area contributed by atoms with E-state index < -0.39 is 17.8 Å². The fourth-order valence-corrected chi connectivity index (χ4v) is 3.53. The molecule has 0 aliphatic rings. The maximum Gasteiger partial charge on any atom is 0.337 e. The number of aromatic carboxylic acids is 1. The summed E-state index contributed by atoms with van der Waals surface area (Å²) in [7, 11) is 0. The molecule has 0 amide bonds. The van der Waals surface area contributed by atoms with Gasteiger partial charge in [-0.2, -0.15) is 0 Å². The summed E-state index contributed by atoms with van der Waals surface area (Å²) < 4.78 is 20.6. The highest BCUT2D eigenvalue weighted by Crippen LogP contribution is 2.31. The molecule has 1 heterocycles. The third kappa shape index (κ3) is 4.33. The number of para-hydroxylation sites is 1. The van der Waals surface area contributed by atoms with Crippen LogP contribution in [0.4, 0.5) is 10.1 Å². The maximum absolute atomic E-state index is 14.5. The van der Waals surface area contributed by atoms with Gasteiger partial charge in [0.05, 0.1) is 17.0 Å². The molecule has 0 saturated carbocycles. The van der Waals surface area contributed by atoms with Crippen molar-refractivity contribution in [1.82, 2.24) is 0 Å². The van der Waals surface area contributed by atoms with Crippen LogP contribution in [-0.2, 0) is 0 Å². The highest BCUT2D eigenvalue weighted by atomic mass is 19.1. The van der Waals surface area contributed by atoms with Gasteiger partial charge >= 0.3 is 5.97 Å². The Kier molecular flexibility index (Phi) is 6.60. The SMILES string of the molecule is C#C/C=C\C(=C/C)c1oc2c(C(C)Nc3ccccc3C(=O)O)cc(F)cc2c(=O)c1C. The minimum atomic E-state index is -1.09. The first-order chi connectivity index (χ1) is 15.3. The molecule has 1 atom stereocenters. The van der Waals surface area contributed by atoms with Crippen molar-refractivity contribution in [2.75, 3.05) is 5.32 Å². The van der Waals surface area contributed by atoms with E-state index in [1.807, 2.05) is 0 Å². The Labute approximate surface area is 184 Å². The van der Waals surface area contributed by atoms with Gasteiger partial charge in [0, 0.05) is 22.4 Å². The molecule has 0 bridgehead atoms. The number of halogens is 1. The van der Waals surface area contributed by atoms with Gasteiger partial charge in [-0.05, 0) is 57.2 Å². The Morgan fingerprint density at radius 3 is 2.69 bits per heavy atom. The van der Waals surface area contributed by atoms with Crippen molar-refractivity contribution in [3.05, 3.63) is 93.1 Å². The lowest BCUT2D eigenvalue weighted by Gasteiger charge is -2.19. The van der Waals surface area contributed by atoms with E-state index in [1.165, 1.54) is 18.2 Å². The lowest BCUT2D eigenvalue weighted by Crippen LogP contribution is -2.14. The fourth-order valence-electron chi connectivity index (χ4n) is 3.53. The van der Waals surface area contributed by atoms with Crippen LogP contribution >= 0.6 is 0 Å². The predicted octanol–water partition coefficient (Wildman–Crippen LogP) is 5.70. The van der Waals surface area contributed by atoms with E-state index in [0.717, 1.165) is 6.07 Å². The van der Waals surface area contributed by atoms with Crippen molar-refractivity contribution < 1.29 is 18.7 Å². The Balaban J connectivity index is 2.21. The normalized spacial score (nSPS) is 12.7. The number of rotatable bonds is 6. The molecule has 162 valence electrons. The van der Waals surface area contributed by atoms with Crippen LogP contribution in [0.25, 0.3) is 16.5 Å². The van der Waals surface area contributed by atoms with Gasteiger partial charge in [0.15, 0.2) is 5.43 Å². The van der Waals surface area contributed by atoms with Gasteiger partial charge in [-0.25, -0.2) is 9.18 Å². The fraction of sp³-hybridized carbons (Fsp3) is 0.154. The zero-order valence-corrected chi connectivity index (χ0v) is 17.9. The first-order valence-corrected chi connectivity index (χ1v) is 9.93. The Morgan fingerprint density at radius 1 is 1.31 bits per heavy atom. The summed E-state index contributed by atoms with van der Waals surface area (Å²) >= 11 is 0. The number of nitrogens with one attached hydrogen (secondary N) is 1. The number of hydrogen-bond acceptors (Lipinski definition) is 4. The second kappa shape index (κ2) is 9.36. The van der Waals surface area contributed by atoms with E-state index >= 15 is 0 Å². The summed E-state index contributed by atoms with van der Waals surface area (Å²) in [4.78, 5) is 24.6. The summed E-state index contributed by atoms with van der Waals surface area (Å²) in [5.74, 6) is 1.06. The van der Waals surface area contributed by atoms with Crippen molar-refractivity contribution in [3.63, 3.8) is 0 Å². The molecule has 0 spiro atoms. The average Bonchev–Trinajstić information content (AvgIpc) is 2.77. The van der Waals surface area contributed by atoms with E-state index in [4.69, 9.17) is 10.8 Å². The highest BCUT2D eigenvalue weighted by Gasteiger charge is 2.21. The number of allylic oxidation sites excluding steroid dienone is 4. The van der Waals surface area contributed by atoms with E-state index in [9.17, 15) is 19.1 Å². The summed E-state index contributed by atoms with van der Waals surface area (Å²) in [6.07, 6.45) is 10.2. The molecule has 5 nitrogen and oxygen atoms in total. The summed E-state index contributed by atoms with van der Waals surface area (Å²) in [5, 5.41) is 12.6. The average molecular weight is 431 g/mol. The van der Waals surface area contributed by atoms with E-state index in [0.29, 0.717) is 28.1 Å². The van der Waals surface area contributed by atoms with Crippen LogP contribution in [0.5, 0.6) is 0 Å². The first-order valence-electron chi connectivity index (χ1n) is 9.93. The number of anilines is 1. The van der Waals surface area contributed by atoms with Crippen molar-refractivity contribution in [1.29, 1.82) is 0 Å². The molecule has 2 N–H and O–H groups in total. The molecule has 1 aromatic heterocycles. The zero-order chi connectivity index (χ0) is 23.4. The van der Waals surface area contributed by atoms with Gasteiger partial charge in [-0.3, -0.25) is 4.79 Å². The van der Waals surface area contributed by atoms with Crippen molar-refractivity contribution >= 4 is 28.2 Å². The Bertz CT molecular complexity index is 1360. The summed E-state index contributed by atoms with van der Waals surface area (Å²) in [6, 6.07) is 8.26. The van der Waals surface area contributed by atoms with Gasteiger partial charge in [-0.1, -0.05) is 24.1 Å². The van der Waals surface area contributed by atoms with Gasteiger partial charge in [0.25, 0.3) is 0 Å². The lowest BCUT2D eigenvalue weighted by molar-refractivity contribution is 0.0698. The lowest BCUT2D eigenvalue weighted by atomic mass is 10.00. The smallest absolute Gasteiger partial charge is 0.337 e. The van der Waals surface area contributed by atoms with Crippen LogP contribution in [0.15, 0.2) is 63.8 Å². The minimum absolute atomic E-state index is 0.0775. The maximum atomic E-state index is 14.5. The van der Waals surface area contributed by atoms with Crippen LogP contribution in [0.3, 0.4) is 0 Å². The molecule has 0 radical (unpaired) electrons. The Hall–Kier alpha value is -4.11. The Morgan fingerprint density at radius 2 is 2.03 bits per heavy atom. The number of carboxylic acid groups (broad SMARTS) is 1. The van der Waals surface area contributed by atoms with E-state index in [1.54, 1.807) is 51.1 Å². The number of terminal acetylenes is 1. The molecule has 0 aliphatic carbocycles. The molecule has 3 aromatic rings. The topological polar surface area (TPSA) is 79.5 Å². The molecule has 2 aromatic carbocycles. The summed E-state index contributed by atoms with van der Waals surface area (Å²) in [5.41, 5.74) is 1.65. The molecular formula is C26H22FNO4. The second-order valence-electron chi connectivity index (χ2n) is 7.22. The number of carbonyl (C=O) groups is 1. The highest BCUT2D eigenvalue weighted by molar-refractivity contribution is 5.94. The predicted molar refractivity (Wildman–Crippen MR) is 124 cm³/mol. The minimum Gasteiger partial charge on any atom is -0.478 e. The molecule has 0 aliphatic heterocycles. The van der Waals surface area contributed by atoms with Crippen molar-refractivity contribution in [2.45, 2.75) is 26.8 Å². The monoisotopic (exact) mass is 431 g/mol. The molecule has 1 unspecified atom stereocenters. The van der Waals surface area contributed by atoms with Gasteiger partial charge in [0.1, 0.15) is 17.2 Å². The quantitative estimate of drug-likeness (QED) is 0.386. The number of carboxylic acids is 1. The molecule has 0 fully saturated rings. The summed E-state index contributed by atoms with van der Waals surface area (Å²) in [6.45, 7) is 5.14. The zero-order valence-electron chi connectivity index (χ0n) is 17.9. The van der Waals surface area contributed by atoms with Crippen molar-refractivity contribution in [3.8, 4) is 12.3 Å². The molecule has 3 rings (SSSR count). The number of benzene rings is 2. The standard InChI is InChI=1S/C26H22FNO4/c1-5-7-10-17(6-2)24-15(3)23(29)21-14-18(27)13-20(25(21)32-24)16(4)28-22-12-9-8-11-19(22)26(30)31/h1,6-14,16,28H,2-4H3,(H,30,31)/b10-7-,17-6+. The molecular weight excluding hydrogens is 409 g/mol. The van der Waals surface area contributed by atoms with Gasteiger partial charge < -0.3 is 14.8 Å². The van der Waals surface area contributed by atoms with Crippen LogP contribution in [0.1, 0.15) is 47.1 Å². The van der Waals surface area contributed by atoms with Crippen LogP contribution < -0.4 is 10.7 Å². The van der Waals surface area contributed by atoms with Crippen LogP contribution in [-0.4, -0.2) is 11.1 Å². The largest absolute Gasteiger partial charge is 0.478 e. The molecule has 6 heteroatoms. The van der Waals surface area contributed by atoms with Crippen LogP contribution in [0.2, 0.25) is 0 Å². The van der Waals surface area contributed by atoms with Crippen LogP contribution in [0, 0.1) is 25.1 Å². The molecule has 0 saturated heterocycles. The van der Waals surface area contributed by atoms with Gasteiger partial charge in [0.2, 0.25) is 0 Å². The number of fused-ring (bicyclic) bond motifs is 1. The molecule has 32 heavy (non-hydrogen) atoms. The van der Waals surface area contributed by atoms with E-state index in [-0.39, 0.29) is 22.0 Å². The third-order valence-electron chi connectivity index (χ3n) is 5.14. The second-order valence-corrected chi connectivity index (χ2v) is 7.22. The van der Waals surface area contributed by atoms with Crippen molar-refractivity contribution in [2.24, 2.45) is 0 Å². The van der Waals surface area contributed by atoms with Gasteiger partial charge in [-0.15, -0.1) is 6.42 Å². The van der Waals surface area contributed by atoms with E-state index in [2.05, 4.69) is 11.2 Å².